The average Bonchev–Trinajstić information content (AvgIpc) is 2.92. The molecule has 0 unspecified atom stereocenters. The van der Waals surface area contributed by atoms with Crippen molar-refractivity contribution in [3.05, 3.63) is 47.4 Å². The minimum Gasteiger partial charge on any atom is -0.360 e. The Morgan fingerprint density at radius 3 is 3.09 bits per heavy atom. The number of hydrogen-bond acceptors (Lipinski definition) is 6. The second-order valence-electron chi connectivity index (χ2n) is 4.79. The van der Waals surface area contributed by atoms with E-state index in [0.717, 1.165) is 15.8 Å². The molecule has 3 rings (SSSR count). The van der Waals surface area contributed by atoms with Crippen LogP contribution in [-0.4, -0.2) is 27.4 Å². The first-order chi connectivity index (χ1) is 10.7. The highest BCUT2D eigenvalue weighted by molar-refractivity contribution is 7.18. The molecule has 0 spiro atoms. The summed E-state index contributed by atoms with van der Waals surface area (Å²) in [5.41, 5.74) is 0.966. The molecule has 22 heavy (non-hydrogen) atoms. The van der Waals surface area contributed by atoms with Crippen molar-refractivity contribution in [2.24, 2.45) is 0 Å². The molecule has 0 saturated carbocycles. The van der Waals surface area contributed by atoms with E-state index >= 15 is 0 Å². The van der Waals surface area contributed by atoms with Gasteiger partial charge in [-0.3, -0.25) is 9.78 Å². The van der Waals surface area contributed by atoms with Crippen molar-refractivity contribution in [2.45, 2.75) is 13.5 Å². The first-order valence-corrected chi connectivity index (χ1v) is 7.64. The highest BCUT2D eigenvalue weighted by Gasteiger charge is 2.08. The summed E-state index contributed by atoms with van der Waals surface area (Å²) >= 11 is 1.61. The maximum absolute atomic E-state index is 11.9. The van der Waals surface area contributed by atoms with Gasteiger partial charge < -0.3 is 10.6 Å². The molecular weight excluding hydrogens is 298 g/mol. The number of thiophene rings is 1. The van der Waals surface area contributed by atoms with Crippen molar-refractivity contribution in [1.29, 1.82) is 0 Å². The monoisotopic (exact) mass is 313 g/mol. The number of carbonyl (C=O) groups excluding carboxylic acids is 1. The Hall–Kier alpha value is -2.54. The van der Waals surface area contributed by atoms with E-state index in [1.165, 1.54) is 11.2 Å². The van der Waals surface area contributed by atoms with E-state index in [2.05, 4.69) is 25.6 Å². The Bertz CT molecular complexity index is 787. The van der Waals surface area contributed by atoms with Gasteiger partial charge in [-0.1, -0.05) is 6.07 Å². The summed E-state index contributed by atoms with van der Waals surface area (Å²) < 4.78 is 0. The Kier molecular flexibility index (Phi) is 4.24. The van der Waals surface area contributed by atoms with Gasteiger partial charge in [-0.2, -0.15) is 0 Å². The molecule has 3 aromatic heterocycles. The van der Waals surface area contributed by atoms with E-state index < -0.39 is 0 Å². The van der Waals surface area contributed by atoms with Gasteiger partial charge in [-0.15, -0.1) is 11.3 Å². The SMILES string of the molecule is Cc1cc2c(NCC(=O)NCc3cccnc3)ncnc2s1. The van der Waals surface area contributed by atoms with Crippen LogP contribution in [0.5, 0.6) is 0 Å². The Balaban J connectivity index is 1.58. The average molecular weight is 313 g/mol. The predicted molar refractivity (Wildman–Crippen MR) is 86.7 cm³/mol. The summed E-state index contributed by atoms with van der Waals surface area (Å²) in [5.74, 6) is 0.591. The van der Waals surface area contributed by atoms with Crippen LogP contribution in [0, 0.1) is 6.92 Å². The largest absolute Gasteiger partial charge is 0.360 e. The van der Waals surface area contributed by atoms with Crippen LogP contribution in [-0.2, 0) is 11.3 Å². The Labute approximate surface area is 131 Å². The standard InChI is InChI=1S/C15H15N5OS/c1-10-5-12-14(19-9-20-15(12)22-10)18-8-13(21)17-7-11-3-2-4-16-6-11/h2-6,9H,7-8H2,1H3,(H,17,21)(H,18,19,20). The zero-order chi connectivity index (χ0) is 15.4. The van der Waals surface area contributed by atoms with Crippen LogP contribution >= 0.6 is 11.3 Å². The van der Waals surface area contributed by atoms with Gasteiger partial charge >= 0.3 is 0 Å². The molecule has 2 N–H and O–H groups in total. The molecule has 0 aliphatic heterocycles. The lowest BCUT2D eigenvalue weighted by Gasteiger charge is -2.07. The first-order valence-electron chi connectivity index (χ1n) is 6.83. The van der Waals surface area contributed by atoms with Gasteiger partial charge in [0.15, 0.2) is 0 Å². The fourth-order valence-electron chi connectivity index (χ4n) is 2.05. The summed E-state index contributed by atoms with van der Waals surface area (Å²) in [6.07, 6.45) is 4.94. The van der Waals surface area contributed by atoms with Crippen LogP contribution in [0.15, 0.2) is 36.9 Å². The molecule has 7 heteroatoms. The molecule has 0 bridgehead atoms. The molecule has 0 aromatic carbocycles. The topological polar surface area (TPSA) is 79.8 Å². The molecule has 3 heterocycles. The van der Waals surface area contributed by atoms with Gasteiger partial charge in [-0.25, -0.2) is 9.97 Å². The number of aryl methyl sites for hydroxylation is 1. The number of carbonyl (C=O) groups is 1. The summed E-state index contributed by atoms with van der Waals surface area (Å²) in [4.78, 5) is 26.4. The molecule has 3 aromatic rings. The Morgan fingerprint density at radius 1 is 1.36 bits per heavy atom. The lowest BCUT2D eigenvalue weighted by Crippen LogP contribution is -2.29. The zero-order valence-electron chi connectivity index (χ0n) is 12.0. The van der Waals surface area contributed by atoms with E-state index in [1.54, 1.807) is 23.7 Å². The molecule has 0 aliphatic carbocycles. The van der Waals surface area contributed by atoms with E-state index in [0.29, 0.717) is 12.4 Å². The van der Waals surface area contributed by atoms with Crippen LogP contribution in [0.25, 0.3) is 10.2 Å². The lowest BCUT2D eigenvalue weighted by molar-refractivity contribution is -0.119. The highest BCUT2D eigenvalue weighted by atomic mass is 32.1. The molecule has 0 atom stereocenters. The molecular formula is C15H15N5OS. The maximum Gasteiger partial charge on any atom is 0.239 e. The van der Waals surface area contributed by atoms with Gasteiger partial charge in [0.2, 0.25) is 5.91 Å². The fourth-order valence-corrected chi connectivity index (χ4v) is 2.89. The minimum atomic E-state index is -0.0948. The van der Waals surface area contributed by atoms with Crippen molar-refractivity contribution >= 4 is 33.3 Å². The first kappa shape index (κ1) is 14.4. The number of hydrogen-bond donors (Lipinski definition) is 2. The van der Waals surface area contributed by atoms with Gasteiger partial charge in [0.25, 0.3) is 0 Å². The van der Waals surface area contributed by atoms with Crippen LogP contribution in [0.1, 0.15) is 10.4 Å². The van der Waals surface area contributed by atoms with Gasteiger partial charge in [0.1, 0.15) is 17.0 Å². The van der Waals surface area contributed by atoms with Crippen molar-refractivity contribution in [2.75, 3.05) is 11.9 Å². The number of pyridine rings is 1. The molecule has 0 saturated heterocycles. The van der Waals surface area contributed by atoms with Gasteiger partial charge in [0.05, 0.1) is 11.9 Å². The third kappa shape index (κ3) is 3.37. The summed E-state index contributed by atoms with van der Waals surface area (Å²) in [5, 5.41) is 6.85. The smallest absolute Gasteiger partial charge is 0.239 e. The Morgan fingerprint density at radius 2 is 2.27 bits per heavy atom. The van der Waals surface area contributed by atoms with Crippen LogP contribution in [0.2, 0.25) is 0 Å². The van der Waals surface area contributed by atoms with Crippen LogP contribution in [0.4, 0.5) is 5.82 Å². The molecule has 0 aliphatic rings. The number of nitrogens with one attached hydrogen (secondary N) is 2. The van der Waals surface area contributed by atoms with Crippen LogP contribution in [0.3, 0.4) is 0 Å². The number of nitrogens with zero attached hydrogens (tertiary/aromatic N) is 3. The number of aromatic nitrogens is 3. The number of fused-ring (bicyclic) bond motifs is 1. The highest BCUT2D eigenvalue weighted by Crippen LogP contribution is 2.27. The van der Waals surface area contributed by atoms with E-state index in [1.807, 2.05) is 25.1 Å². The second-order valence-corrected chi connectivity index (χ2v) is 6.02. The van der Waals surface area contributed by atoms with E-state index in [-0.39, 0.29) is 12.5 Å². The third-order valence-electron chi connectivity index (χ3n) is 3.08. The van der Waals surface area contributed by atoms with E-state index in [4.69, 9.17) is 0 Å². The zero-order valence-corrected chi connectivity index (χ0v) is 12.9. The molecule has 6 nitrogen and oxygen atoms in total. The predicted octanol–water partition coefficient (Wildman–Crippen LogP) is 2.12. The summed E-state index contributed by atoms with van der Waals surface area (Å²) in [6.45, 7) is 2.66. The molecule has 0 fully saturated rings. The van der Waals surface area contributed by atoms with Crippen molar-refractivity contribution in [3.63, 3.8) is 0 Å². The number of rotatable bonds is 5. The number of amides is 1. The molecule has 112 valence electrons. The quantitative estimate of drug-likeness (QED) is 0.754. The normalized spacial score (nSPS) is 10.6. The van der Waals surface area contributed by atoms with Crippen molar-refractivity contribution in [3.8, 4) is 0 Å². The van der Waals surface area contributed by atoms with Crippen molar-refractivity contribution in [1.82, 2.24) is 20.3 Å². The fraction of sp³-hybridized carbons (Fsp3) is 0.200. The molecule has 1 amide bonds. The van der Waals surface area contributed by atoms with E-state index in [9.17, 15) is 4.79 Å². The summed E-state index contributed by atoms with van der Waals surface area (Å²) in [6, 6.07) is 5.79. The maximum atomic E-state index is 11.9. The summed E-state index contributed by atoms with van der Waals surface area (Å²) in [7, 11) is 0. The minimum absolute atomic E-state index is 0.0948. The molecule has 0 radical (unpaired) electrons. The lowest BCUT2D eigenvalue weighted by atomic mass is 10.3. The third-order valence-corrected chi connectivity index (χ3v) is 4.04. The van der Waals surface area contributed by atoms with Gasteiger partial charge in [0, 0.05) is 23.8 Å². The second kappa shape index (κ2) is 6.48. The van der Waals surface area contributed by atoms with Crippen molar-refractivity contribution < 1.29 is 4.79 Å². The van der Waals surface area contributed by atoms with Crippen LogP contribution < -0.4 is 10.6 Å². The number of anilines is 1. The van der Waals surface area contributed by atoms with Gasteiger partial charge in [-0.05, 0) is 24.6 Å².